The van der Waals surface area contributed by atoms with E-state index in [1.165, 1.54) is 11.3 Å². The molecule has 1 aromatic carbocycles. The van der Waals surface area contributed by atoms with E-state index in [9.17, 15) is 9.59 Å². The second-order valence-electron chi connectivity index (χ2n) is 6.13. The maximum atomic E-state index is 12.8. The quantitative estimate of drug-likeness (QED) is 0.770. The van der Waals surface area contributed by atoms with Gasteiger partial charge in [-0.3, -0.25) is 14.2 Å². The van der Waals surface area contributed by atoms with Crippen LogP contribution in [0, 0.1) is 20.8 Å². The number of anilines is 1. The number of hydrogen-bond acceptors (Lipinski definition) is 4. The molecule has 1 amide bonds. The molecule has 2 aromatic heterocycles. The first-order valence-electron chi connectivity index (χ1n) is 8.28. The third kappa shape index (κ3) is 3.22. The van der Waals surface area contributed by atoms with Gasteiger partial charge in [-0.05, 0) is 38.8 Å². The van der Waals surface area contributed by atoms with Crippen molar-refractivity contribution in [2.24, 2.45) is 0 Å². The van der Waals surface area contributed by atoms with Crippen molar-refractivity contribution in [1.82, 2.24) is 9.55 Å². The zero-order valence-corrected chi connectivity index (χ0v) is 15.6. The Labute approximate surface area is 150 Å². The lowest BCUT2D eigenvalue weighted by Gasteiger charge is -2.20. The number of nitrogens with one attached hydrogen (secondary N) is 1. The fourth-order valence-electron chi connectivity index (χ4n) is 2.99. The molecule has 2 heterocycles. The topological polar surface area (TPSA) is 64.0 Å². The van der Waals surface area contributed by atoms with Crippen molar-refractivity contribution in [3.63, 3.8) is 0 Å². The molecule has 130 valence electrons. The lowest BCUT2D eigenvalue weighted by atomic mass is 10.1. The molecule has 0 aliphatic heterocycles. The number of pyridine rings is 1. The Morgan fingerprint density at radius 2 is 2.00 bits per heavy atom. The van der Waals surface area contributed by atoms with Gasteiger partial charge in [0.05, 0.1) is 11.2 Å². The third-order valence-electron chi connectivity index (χ3n) is 4.43. The van der Waals surface area contributed by atoms with Crippen molar-refractivity contribution >= 4 is 33.3 Å². The van der Waals surface area contributed by atoms with Crippen molar-refractivity contribution in [3.05, 3.63) is 56.8 Å². The second-order valence-corrected chi connectivity index (χ2v) is 7.33. The van der Waals surface area contributed by atoms with Crippen molar-refractivity contribution in [2.45, 2.75) is 40.2 Å². The molecule has 0 fully saturated rings. The first-order valence-corrected chi connectivity index (χ1v) is 9.09. The van der Waals surface area contributed by atoms with Gasteiger partial charge in [0.15, 0.2) is 5.13 Å². The molecule has 0 radical (unpaired) electrons. The first kappa shape index (κ1) is 17.4. The van der Waals surface area contributed by atoms with Crippen LogP contribution in [0.2, 0.25) is 0 Å². The average molecular weight is 355 g/mol. The van der Waals surface area contributed by atoms with Crippen molar-refractivity contribution in [1.29, 1.82) is 0 Å². The standard InChI is InChI=1S/C19H21N3O2S/c1-5-15(18(24)21-19-20-12(3)13(4)25-19)22-16-9-7-6-8-14(16)11(2)10-17(22)23/h6-10,15H,5H2,1-4H3,(H,20,21,24). The number of nitrogens with zero attached hydrogens (tertiary/aromatic N) is 2. The van der Waals surface area contributed by atoms with Gasteiger partial charge in [0, 0.05) is 16.3 Å². The number of fused-ring (bicyclic) bond motifs is 1. The van der Waals surface area contributed by atoms with E-state index in [4.69, 9.17) is 0 Å². The molecule has 6 heteroatoms. The number of thiazole rings is 1. The van der Waals surface area contributed by atoms with Crippen LogP contribution >= 0.6 is 11.3 Å². The van der Waals surface area contributed by atoms with Crippen LogP contribution in [0.15, 0.2) is 35.1 Å². The van der Waals surface area contributed by atoms with Gasteiger partial charge in [0.25, 0.3) is 5.56 Å². The SMILES string of the molecule is CCC(C(=O)Nc1nc(C)c(C)s1)n1c(=O)cc(C)c2ccccc21. The number of hydrogen-bond donors (Lipinski definition) is 1. The fourth-order valence-corrected chi connectivity index (χ4v) is 3.81. The van der Waals surface area contributed by atoms with Gasteiger partial charge in [-0.25, -0.2) is 4.98 Å². The zero-order valence-electron chi connectivity index (χ0n) is 14.8. The minimum atomic E-state index is -0.581. The van der Waals surface area contributed by atoms with Crippen LogP contribution < -0.4 is 10.9 Å². The van der Waals surface area contributed by atoms with Crippen LogP contribution in [0.3, 0.4) is 0 Å². The number of carbonyl (C=O) groups excluding carboxylic acids is 1. The number of para-hydroxylation sites is 1. The molecule has 0 aliphatic rings. The summed E-state index contributed by atoms with van der Waals surface area (Å²) in [5, 5.41) is 4.42. The number of benzene rings is 1. The largest absolute Gasteiger partial charge is 0.300 e. The number of aromatic nitrogens is 2. The zero-order chi connectivity index (χ0) is 18.1. The average Bonchev–Trinajstić information content (AvgIpc) is 2.88. The van der Waals surface area contributed by atoms with Gasteiger partial charge in [-0.2, -0.15) is 0 Å². The molecule has 0 saturated carbocycles. The molecular formula is C19H21N3O2S. The highest BCUT2D eigenvalue weighted by atomic mass is 32.1. The van der Waals surface area contributed by atoms with Gasteiger partial charge in [-0.15, -0.1) is 11.3 Å². The predicted octanol–water partition coefficient (Wildman–Crippen LogP) is 3.97. The highest BCUT2D eigenvalue weighted by molar-refractivity contribution is 7.15. The van der Waals surface area contributed by atoms with Crippen LogP contribution in [-0.2, 0) is 4.79 Å². The molecule has 3 rings (SSSR count). The molecule has 25 heavy (non-hydrogen) atoms. The highest BCUT2D eigenvalue weighted by Gasteiger charge is 2.23. The number of aryl methyl sites for hydroxylation is 3. The van der Waals surface area contributed by atoms with E-state index in [1.807, 2.05) is 52.0 Å². The summed E-state index contributed by atoms with van der Waals surface area (Å²) >= 11 is 1.45. The maximum Gasteiger partial charge on any atom is 0.252 e. The van der Waals surface area contributed by atoms with Gasteiger partial charge < -0.3 is 5.32 Å². The molecule has 1 unspecified atom stereocenters. The highest BCUT2D eigenvalue weighted by Crippen LogP contribution is 2.25. The fraction of sp³-hybridized carbons (Fsp3) is 0.316. The van der Waals surface area contributed by atoms with Gasteiger partial charge in [0.2, 0.25) is 5.91 Å². The monoisotopic (exact) mass is 355 g/mol. The molecule has 0 aliphatic carbocycles. The van der Waals surface area contributed by atoms with Crippen LogP contribution in [0.1, 0.15) is 35.5 Å². The van der Waals surface area contributed by atoms with Crippen molar-refractivity contribution in [2.75, 3.05) is 5.32 Å². The molecule has 0 spiro atoms. The van der Waals surface area contributed by atoms with Crippen molar-refractivity contribution < 1.29 is 4.79 Å². The van der Waals surface area contributed by atoms with E-state index in [1.54, 1.807) is 10.6 Å². The molecule has 0 bridgehead atoms. The summed E-state index contributed by atoms with van der Waals surface area (Å²) in [6.45, 7) is 7.70. The minimum absolute atomic E-state index is 0.162. The van der Waals surface area contributed by atoms with Crippen LogP contribution in [-0.4, -0.2) is 15.5 Å². The summed E-state index contributed by atoms with van der Waals surface area (Å²) in [6, 6.07) is 8.69. The van der Waals surface area contributed by atoms with Crippen LogP contribution in [0.4, 0.5) is 5.13 Å². The normalized spacial score (nSPS) is 12.3. The molecular weight excluding hydrogens is 334 g/mol. The van der Waals surface area contributed by atoms with E-state index in [2.05, 4.69) is 10.3 Å². The van der Waals surface area contributed by atoms with Gasteiger partial charge in [0.1, 0.15) is 6.04 Å². The smallest absolute Gasteiger partial charge is 0.252 e. The van der Waals surface area contributed by atoms with Crippen LogP contribution in [0.5, 0.6) is 0 Å². The lowest BCUT2D eigenvalue weighted by Crippen LogP contribution is -2.33. The Hall–Kier alpha value is -2.47. The summed E-state index contributed by atoms with van der Waals surface area (Å²) in [7, 11) is 0. The number of amides is 1. The Morgan fingerprint density at radius 1 is 1.28 bits per heavy atom. The summed E-state index contributed by atoms with van der Waals surface area (Å²) in [6.07, 6.45) is 0.516. The number of carbonyl (C=O) groups is 1. The van der Waals surface area contributed by atoms with Crippen LogP contribution in [0.25, 0.3) is 10.9 Å². The summed E-state index contributed by atoms with van der Waals surface area (Å²) in [5.41, 5.74) is 2.44. The molecule has 3 aromatic rings. The van der Waals surface area contributed by atoms with E-state index in [0.29, 0.717) is 11.6 Å². The second kappa shape index (κ2) is 6.80. The third-order valence-corrected chi connectivity index (χ3v) is 5.41. The molecule has 0 saturated heterocycles. The summed E-state index contributed by atoms with van der Waals surface area (Å²) in [4.78, 5) is 30.9. The van der Waals surface area contributed by atoms with Gasteiger partial charge >= 0.3 is 0 Å². The lowest BCUT2D eigenvalue weighted by molar-refractivity contribution is -0.119. The Balaban J connectivity index is 2.05. The summed E-state index contributed by atoms with van der Waals surface area (Å²) < 4.78 is 1.59. The predicted molar refractivity (Wildman–Crippen MR) is 102 cm³/mol. The van der Waals surface area contributed by atoms with Gasteiger partial charge in [-0.1, -0.05) is 25.1 Å². The maximum absolute atomic E-state index is 12.8. The minimum Gasteiger partial charge on any atom is -0.300 e. The van der Waals surface area contributed by atoms with Crippen molar-refractivity contribution in [3.8, 4) is 0 Å². The van der Waals surface area contributed by atoms with E-state index in [0.717, 1.165) is 27.0 Å². The Kier molecular flexibility index (Phi) is 4.72. The van der Waals surface area contributed by atoms with E-state index in [-0.39, 0.29) is 11.5 Å². The van der Waals surface area contributed by atoms with E-state index < -0.39 is 6.04 Å². The summed E-state index contributed by atoms with van der Waals surface area (Å²) in [5.74, 6) is -0.215. The molecule has 1 N–H and O–H groups in total. The molecule has 5 nitrogen and oxygen atoms in total. The molecule has 1 atom stereocenters. The Bertz CT molecular complexity index is 984. The number of rotatable bonds is 4. The first-order chi connectivity index (χ1) is 11.9. The Morgan fingerprint density at radius 3 is 2.64 bits per heavy atom. The van der Waals surface area contributed by atoms with E-state index >= 15 is 0 Å².